The Balaban J connectivity index is 1.64. The maximum atomic E-state index is 12.9. The minimum Gasteiger partial charge on any atom is -0.394 e. The second-order valence-corrected chi connectivity index (χ2v) is 10.2. The summed E-state index contributed by atoms with van der Waals surface area (Å²) >= 11 is 0. The first kappa shape index (κ1) is 23.1. The lowest BCUT2D eigenvalue weighted by Gasteiger charge is -2.36. The van der Waals surface area contributed by atoms with Crippen LogP contribution >= 0.6 is 0 Å². The number of hydrogen-bond acceptors (Lipinski definition) is 7. The van der Waals surface area contributed by atoms with Crippen molar-refractivity contribution in [3.8, 4) is 0 Å². The molecular weight excluding hydrogens is 418 g/mol. The maximum absolute atomic E-state index is 12.9. The molecule has 1 fully saturated rings. The number of nitrogens with zero attached hydrogens (tertiary/aromatic N) is 4. The summed E-state index contributed by atoms with van der Waals surface area (Å²) in [5, 5.41) is 9.71. The van der Waals surface area contributed by atoms with Gasteiger partial charge in [-0.3, -0.25) is 4.79 Å². The van der Waals surface area contributed by atoms with Crippen LogP contribution in [0.1, 0.15) is 26.3 Å². The average Bonchev–Trinajstić information content (AvgIpc) is 2.77. The molecular formula is C21H29N5O4S. The van der Waals surface area contributed by atoms with Gasteiger partial charge in [0.05, 0.1) is 11.5 Å². The number of anilines is 1. The van der Waals surface area contributed by atoms with Gasteiger partial charge >= 0.3 is 0 Å². The molecule has 1 aromatic heterocycles. The Morgan fingerprint density at radius 2 is 1.68 bits per heavy atom. The molecule has 1 aromatic carbocycles. The van der Waals surface area contributed by atoms with Crippen LogP contribution in [0.4, 0.5) is 5.95 Å². The molecule has 0 bridgehead atoms. The lowest BCUT2D eigenvalue weighted by molar-refractivity contribution is -0.134. The quantitative estimate of drug-likeness (QED) is 0.672. The van der Waals surface area contributed by atoms with Gasteiger partial charge in [0.1, 0.15) is 6.04 Å². The zero-order valence-electron chi connectivity index (χ0n) is 18.0. The molecule has 1 unspecified atom stereocenters. The molecule has 0 radical (unpaired) electrons. The molecule has 3 rings (SSSR count). The van der Waals surface area contributed by atoms with E-state index in [-0.39, 0.29) is 10.3 Å². The summed E-state index contributed by atoms with van der Waals surface area (Å²) in [5.74, 6) is 0.138. The highest BCUT2D eigenvalue weighted by molar-refractivity contribution is 7.89. The number of hydrogen-bond donors (Lipinski definition) is 2. The highest BCUT2D eigenvalue weighted by Crippen LogP contribution is 2.23. The van der Waals surface area contributed by atoms with Crippen LogP contribution in [0.2, 0.25) is 0 Å². The summed E-state index contributed by atoms with van der Waals surface area (Å²) in [5.41, 5.74) is 0.896. The molecule has 0 saturated carbocycles. The third kappa shape index (κ3) is 5.57. The van der Waals surface area contributed by atoms with Crippen LogP contribution in [0.3, 0.4) is 0 Å². The molecule has 2 aromatic rings. The summed E-state index contributed by atoms with van der Waals surface area (Å²) in [6.07, 6.45) is 3.31. The van der Waals surface area contributed by atoms with E-state index >= 15 is 0 Å². The fourth-order valence-corrected chi connectivity index (χ4v) is 4.54. The normalized spacial score (nSPS) is 16.3. The Morgan fingerprint density at radius 3 is 2.19 bits per heavy atom. The Labute approximate surface area is 183 Å². The van der Waals surface area contributed by atoms with E-state index in [1.807, 2.05) is 25.7 Å². The Kier molecular flexibility index (Phi) is 6.93. The molecule has 31 heavy (non-hydrogen) atoms. The third-order valence-corrected chi connectivity index (χ3v) is 6.72. The van der Waals surface area contributed by atoms with Crippen molar-refractivity contribution >= 4 is 21.9 Å². The van der Waals surface area contributed by atoms with Gasteiger partial charge in [-0.2, -0.15) is 4.72 Å². The molecule has 0 aliphatic carbocycles. The number of nitrogens with one attached hydrogen (secondary N) is 1. The molecule has 2 heterocycles. The number of piperazine rings is 1. The molecule has 1 saturated heterocycles. The number of aliphatic hydroxyl groups is 1. The van der Waals surface area contributed by atoms with E-state index in [2.05, 4.69) is 14.7 Å². The third-order valence-electron chi connectivity index (χ3n) is 5.24. The zero-order valence-corrected chi connectivity index (χ0v) is 18.8. The minimum absolute atomic E-state index is 0.0535. The monoisotopic (exact) mass is 447 g/mol. The number of benzene rings is 1. The molecule has 1 aliphatic heterocycles. The van der Waals surface area contributed by atoms with E-state index in [1.54, 1.807) is 35.5 Å². The number of carbonyl (C=O) groups excluding carboxylic acids is 1. The Morgan fingerprint density at radius 1 is 1.10 bits per heavy atom. The van der Waals surface area contributed by atoms with Gasteiger partial charge in [0, 0.05) is 38.6 Å². The lowest BCUT2D eigenvalue weighted by Crippen LogP contribution is -2.56. The van der Waals surface area contributed by atoms with E-state index < -0.39 is 28.6 Å². The van der Waals surface area contributed by atoms with Crippen LogP contribution in [-0.4, -0.2) is 73.1 Å². The van der Waals surface area contributed by atoms with Gasteiger partial charge in [-0.25, -0.2) is 18.4 Å². The standard InChI is InChI=1S/C21H29N5O4S/c1-21(2,3)16-5-7-17(8-6-16)31(29,30)24-18(15-27)19(28)25-11-13-26(14-12-25)20-22-9-4-10-23-20/h4-10,18,24,27H,11-15H2,1-3H3. The first-order valence-electron chi connectivity index (χ1n) is 10.2. The molecule has 9 nitrogen and oxygen atoms in total. The van der Waals surface area contributed by atoms with Gasteiger partial charge in [0.2, 0.25) is 21.9 Å². The Hall–Kier alpha value is -2.56. The number of amides is 1. The van der Waals surface area contributed by atoms with E-state index in [9.17, 15) is 18.3 Å². The van der Waals surface area contributed by atoms with Crippen molar-refractivity contribution in [2.45, 2.75) is 37.1 Å². The minimum atomic E-state index is -3.96. The predicted molar refractivity (Wildman–Crippen MR) is 117 cm³/mol. The molecule has 1 aliphatic rings. The highest BCUT2D eigenvalue weighted by atomic mass is 32.2. The van der Waals surface area contributed by atoms with Gasteiger partial charge in [0.25, 0.3) is 0 Å². The number of sulfonamides is 1. The number of rotatable bonds is 6. The van der Waals surface area contributed by atoms with Crippen LogP contribution in [-0.2, 0) is 20.2 Å². The van der Waals surface area contributed by atoms with Crippen LogP contribution in [0.5, 0.6) is 0 Å². The second kappa shape index (κ2) is 9.29. The lowest BCUT2D eigenvalue weighted by atomic mass is 9.87. The van der Waals surface area contributed by atoms with Crippen LogP contribution in [0.15, 0.2) is 47.6 Å². The van der Waals surface area contributed by atoms with Crippen molar-refractivity contribution in [2.24, 2.45) is 0 Å². The fourth-order valence-electron chi connectivity index (χ4n) is 3.36. The van der Waals surface area contributed by atoms with Crippen LogP contribution < -0.4 is 9.62 Å². The van der Waals surface area contributed by atoms with Gasteiger partial charge < -0.3 is 14.9 Å². The van der Waals surface area contributed by atoms with Gasteiger partial charge in [-0.15, -0.1) is 0 Å². The summed E-state index contributed by atoms with van der Waals surface area (Å²) in [6.45, 7) is 7.31. The van der Waals surface area contributed by atoms with Crippen LogP contribution in [0, 0.1) is 0 Å². The topological polar surface area (TPSA) is 116 Å². The smallest absolute Gasteiger partial charge is 0.243 e. The van der Waals surface area contributed by atoms with Gasteiger partial charge in [-0.1, -0.05) is 32.9 Å². The number of aliphatic hydroxyl groups excluding tert-OH is 1. The van der Waals surface area contributed by atoms with Crippen molar-refractivity contribution in [3.05, 3.63) is 48.3 Å². The summed E-state index contributed by atoms with van der Waals surface area (Å²) in [4.78, 5) is 24.8. The number of carbonyl (C=O) groups is 1. The maximum Gasteiger partial charge on any atom is 0.243 e. The van der Waals surface area contributed by atoms with E-state index in [1.165, 1.54) is 12.1 Å². The van der Waals surface area contributed by atoms with Gasteiger partial charge in [-0.05, 0) is 29.2 Å². The second-order valence-electron chi connectivity index (χ2n) is 8.49. The van der Waals surface area contributed by atoms with Crippen molar-refractivity contribution in [1.82, 2.24) is 19.6 Å². The molecule has 10 heteroatoms. The van der Waals surface area contributed by atoms with Crippen molar-refractivity contribution in [2.75, 3.05) is 37.7 Å². The van der Waals surface area contributed by atoms with Crippen molar-refractivity contribution in [1.29, 1.82) is 0 Å². The van der Waals surface area contributed by atoms with Crippen molar-refractivity contribution < 1.29 is 18.3 Å². The summed E-state index contributed by atoms with van der Waals surface area (Å²) in [7, 11) is -3.96. The SMILES string of the molecule is CC(C)(C)c1ccc(S(=O)(=O)NC(CO)C(=O)N2CCN(c3ncccn3)CC2)cc1. The Bertz CT molecular complexity index is 983. The first-order valence-corrected chi connectivity index (χ1v) is 11.6. The first-order chi connectivity index (χ1) is 14.6. The zero-order chi connectivity index (χ0) is 22.6. The average molecular weight is 448 g/mol. The van der Waals surface area contributed by atoms with Crippen molar-refractivity contribution in [3.63, 3.8) is 0 Å². The largest absolute Gasteiger partial charge is 0.394 e. The fraction of sp³-hybridized carbons (Fsp3) is 0.476. The number of aromatic nitrogens is 2. The molecule has 168 valence electrons. The predicted octanol–water partition coefficient (Wildman–Crippen LogP) is 0.762. The van der Waals surface area contributed by atoms with E-state index in [0.717, 1.165) is 5.56 Å². The van der Waals surface area contributed by atoms with Crippen LogP contribution in [0.25, 0.3) is 0 Å². The molecule has 1 atom stereocenters. The molecule has 1 amide bonds. The summed E-state index contributed by atoms with van der Waals surface area (Å²) < 4.78 is 27.9. The summed E-state index contributed by atoms with van der Waals surface area (Å²) in [6, 6.07) is 7.04. The van der Waals surface area contributed by atoms with E-state index in [4.69, 9.17) is 0 Å². The molecule has 2 N–H and O–H groups in total. The van der Waals surface area contributed by atoms with Gasteiger partial charge in [0.15, 0.2) is 0 Å². The van der Waals surface area contributed by atoms with E-state index in [0.29, 0.717) is 32.1 Å². The highest BCUT2D eigenvalue weighted by Gasteiger charge is 2.31. The molecule has 0 spiro atoms.